The molecule has 4 N–H and O–H groups in total. The maximum absolute atomic E-state index is 14.9. The Morgan fingerprint density at radius 3 is 1.74 bits per heavy atom. The Labute approximate surface area is 484 Å². The van der Waals surface area contributed by atoms with Gasteiger partial charge in [0.05, 0.1) is 13.0 Å². The van der Waals surface area contributed by atoms with Crippen LogP contribution >= 0.6 is 0 Å². The van der Waals surface area contributed by atoms with Crippen molar-refractivity contribution < 1.29 is 67.3 Å². The molecule has 23 heteroatoms. The molecule has 2 aliphatic rings. The molecule has 0 spiro atoms. The normalized spacial score (nSPS) is 26.3. The Bertz CT molecular complexity index is 2450. The molecule has 1 aromatic carbocycles. The van der Waals surface area contributed by atoms with Crippen molar-refractivity contribution in [2.24, 2.45) is 29.6 Å². The number of nitrogens with zero attached hydrogens (tertiary/aromatic N) is 6. The molecule has 2 fully saturated rings. The van der Waals surface area contributed by atoms with Gasteiger partial charge in [0.1, 0.15) is 60.7 Å². The molecule has 0 saturated carbocycles. The van der Waals surface area contributed by atoms with Gasteiger partial charge in [0.15, 0.2) is 6.10 Å². The zero-order chi connectivity index (χ0) is 62.2. The molecule has 3 rings (SSSR count). The molecule has 0 bridgehead atoms. The Morgan fingerprint density at radius 2 is 1.21 bits per heavy atom. The number of carbonyl (C=O) groups excluding carboxylic acids is 10. The van der Waals surface area contributed by atoms with E-state index < -0.39 is 162 Å². The van der Waals surface area contributed by atoms with Gasteiger partial charge in [-0.2, -0.15) is 0 Å². The summed E-state index contributed by atoms with van der Waals surface area (Å²) in [5, 5.41) is 18.4. The van der Waals surface area contributed by atoms with Crippen molar-refractivity contribution in [1.29, 1.82) is 0 Å². The molecular weight excluding hydrogens is 1060 g/mol. The third kappa shape index (κ3) is 17.5. The number of hydrogen-bond donors (Lipinski definition) is 4. The highest BCUT2D eigenvalue weighted by atomic mass is 16.5. The van der Waals surface area contributed by atoms with Gasteiger partial charge in [-0.25, -0.2) is 4.79 Å². The number of ether oxygens (including phenoxy) is 2. The summed E-state index contributed by atoms with van der Waals surface area (Å²) in [5.74, 6) is -11.4. The average molecular weight is 1150 g/mol. The summed E-state index contributed by atoms with van der Waals surface area (Å²) in [5.41, 5.74) is 0.567. The largest absolute Gasteiger partial charge is 0.490 e. The van der Waals surface area contributed by atoms with Gasteiger partial charge in [0.25, 0.3) is 5.91 Å². The fourth-order valence-corrected chi connectivity index (χ4v) is 10.8. The van der Waals surface area contributed by atoms with Crippen LogP contribution in [0, 0.1) is 29.6 Å². The van der Waals surface area contributed by atoms with E-state index in [1.807, 2.05) is 0 Å². The van der Waals surface area contributed by atoms with Crippen molar-refractivity contribution >= 4 is 65.1 Å². The van der Waals surface area contributed by atoms with Crippen LogP contribution in [-0.4, -0.2) is 209 Å². The van der Waals surface area contributed by atoms with Crippen molar-refractivity contribution in [2.45, 2.75) is 176 Å². The SMILES string of the molecule is C=CCOc1ccc(C[C@@H]2NC(=O)[C@H](C(C)C)N(C)C(=O)CNC(=O)[C@H](C(C)CC)N(C)C(=O)[C@H](C(C)CC)N(C)C(=O)[C@H](CC(=O)O)N(C)C(=O)[C@H](C(C)C)NC(=O)[C@H](C(C)C)N(C)C(=O)[C@@H]3CCCCN3C(=O)[C@@H](C)OC2=O)cc1. The van der Waals surface area contributed by atoms with E-state index in [1.54, 1.807) is 99.6 Å². The first-order valence-corrected chi connectivity index (χ1v) is 28.6. The van der Waals surface area contributed by atoms with Crippen LogP contribution in [0.25, 0.3) is 0 Å². The molecule has 2 saturated heterocycles. The number of likely N-dealkylation sites (N-methyl/N-ethyl adjacent to an activating group) is 5. The molecular formula is C59H93N9O14. The molecule has 1 aromatic rings. The molecule has 9 amide bonds. The first-order valence-electron chi connectivity index (χ1n) is 28.6. The molecule has 2 aliphatic heterocycles. The molecule has 11 atom stereocenters. The lowest BCUT2D eigenvalue weighted by atomic mass is 9.92. The average Bonchev–Trinajstić information content (AvgIpc) is 3.54. The third-order valence-corrected chi connectivity index (χ3v) is 15.9. The lowest BCUT2D eigenvalue weighted by Crippen LogP contribution is -2.63. The van der Waals surface area contributed by atoms with E-state index in [-0.39, 0.29) is 26.0 Å². The quantitative estimate of drug-likeness (QED) is 0.154. The van der Waals surface area contributed by atoms with Crippen molar-refractivity contribution in [3.05, 3.63) is 42.5 Å². The van der Waals surface area contributed by atoms with Crippen LogP contribution in [0.1, 0.15) is 120 Å². The van der Waals surface area contributed by atoms with Crippen molar-refractivity contribution in [1.82, 2.24) is 45.3 Å². The van der Waals surface area contributed by atoms with Crippen LogP contribution in [0.15, 0.2) is 36.9 Å². The van der Waals surface area contributed by atoms with Crippen molar-refractivity contribution in [3.63, 3.8) is 0 Å². The number of carbonyl (C=O) groups is 11. The Morgan fingerprint density at radius 1 is 0.671 bits per heavy atom. The maximum Gasteiger partial charge on any atom is 0.329 e. The second-order valence-corrected chi connectivity index (χ2v) is 23.0. The number of nitrogens with one attached hydrogen (secondary N) is 3. The molecule has 23 nitrogen and oxygen atoms in total. The Kier molecular flexibility index (Phi) is 26.5. The van der Waals surface area contributed by atoms with E-state index in [4.69, 9.17) is 9.47 Å². The summed E-state index contributed by atoms with van der Waals surface area (Å²) in [6.45, 7) is 21.8. The van der Waals surface area contributed by atoms with Crippen LogP contribution in [0.4, 0.5) is 0 Å². The summed E-state index contributed by atoms with van der Waals surface area (Å²) < 4.78 is 11.5. The second-order valence-electron chi connectivity index (χ2n) is 23.0. The van der Waals surface area contributed by atoms with Crippen molar-refractivity contribution in [3.8, 4) is 5.75 Å². The standard InChI is InChI=1S/C59H93N9O14/c1-18-29-81-40-26-24-39(25-27-40)30-41-59(80)82-38(12)54(75)68-28-22-21-23-42(68)55(76)65(15)48(35(8)9)53(74)62-46(33(4)5)57(78)63(13)43(31-45(70)71)56(77)67(17)50(37(11)20-3)58(79)66(16)49(36(10)19-2)51(72)60-32-44(69)64(14)47(34(6)7)52(73)61-41/h18,24-27,33-38,41-43,46-50H,1,19-23,28-32H2,2-17H3,(H,60,72)(H,61,73)(H,62,74)(H,70,71)/t36?,37?,38-,41+,42+,43+,46+,47+,48+,49+,50+/m1/s1. The second kappa shape index (κ2) is 31.4. The Hall–Kier alpha value is -7.07. The summed E-state index contributed by atoms with van der Waals surface area (Å²) >= 11 is 0. The van der Waals surface area contributed by atoms with Gasteiger partial charge in [0, 0.05) is 48.2 Å². The molecule has 82 heavy (non-hydrogen) atoms. The van der Waals surface area contributed by atoms with Crippen LogP contribution < -0.4 is 20.7 Å². The monoisotopic (exact) mass is 1150 g/mol. The van der Waals surface area contributed by atoms with Gasteiger partial charge < -0.3 is 59.9 Å². The first kappa shape index (κ1) is 69.2. The minimum Gasteiger partial charge on any atom is -0.490 e. The number of carboxylic acid groups (broad SMARTS) is 1. The predicted octanol–water partition coefficient (Wildman–Crippen LogP) is 2.88. The van der Waals surface area contributed by atoms with Gasteiger partial charge in [-0.05, 0) is 73.5 Å². The number of aliphatic carboxylic acids is 1. The number of fused-ring (bicyclic) bond motifs is 1. The summed E-state index contributed by atoms with van der Waals surface area (Å²) in [6, 6.07) is -3.82. The van der Waals surface area contributed by atoms with E-state index in [1.165, 1.54) is 56.9 Å². The summed E-state index contributed by atoms with van der Waals surface area (Å²) in [7, 11) is 6.74. The number of amides is 9. The minimum absolute atomic E-state index is 0.101. The zero-order valence-electron chi connectivity index (χ0n) is 51.2. The lowest BCUT2D eigenvalue weighted by molar-refractivity contribution is -0.165. The number of esters is 1. The third-order valence-electron chi connectivity index (χ3n) is 15.9. The highest BCUT2D eigenvalue weighted by Crippen LogP contribution is 2.26. The van der Waals surface area contributed by atoms with Crippen LogP contribution in [0.3, 0.4) is 0 Å². The van der Waals surface area contributed by atoms with Crippen molar-refractivity contribution in [2.75, 3.05) is 54.9 Å². The molecule has 0 radical (unpaired) electrons. The first-order chi connectivity index (χ1) is 38.4. The van der Waals surface area contributed by atoms with E-state index in [0.717, 1.165) is 14.7 Å². The number of hydrogen-bond acceptors (Lipinski definition) is 13. The topological polar surface area (TPSA) is 282 Å². The molecule has 2 heterocycles. The fraction of sp³-hybridized carbons (Fsp3) is 0.678. The molecule has 0 aliphatic carbocycles. The number of cyclic esters (lactones) is 1. The van der Waals surface area contributed by atoms with Gasteiger partial charge in [0.2, 0.25) is 47.3 Å². The van der Waals surface area contributed by atoms with E-state index in [9.17, 15) is 57.8 Å². The number of piperidine rings is 1. The fourth-order valence-electron chi connectivity index (χ4n) is 10.8. The maximum atomic E-state index is 14.9. The molecule has 0 aromatic heterocycles. The summed E-state index contributed by atoms with van der Waals surface area (Å²) in [6.07, 6.45) is 1.04. The zero-order valence-corrected chi connectivity index (χ0v) is 51.2. The number of carboxylic acids is 1. The lowest BCUT2D eigenvalue weighted by Gasteiger charge is -2.41. The Balaban J connectivity index is 2.28. The predicted molar refractivity (Wildman–Crippen MR) is 306 cm³/mol. The molecule has 458 valence electrons. The van der Waals surface area contributed by atoms with Crippen LogP contribution in [-0.2, 0) is 63.9 Å². The van der Waals surface area contributed by atoms with E-state index in [2.05, 4.69) is 22.5 Å². The van der Waals surface area contributed by atoms with Crippen LogP contribution in [0.5, 0.6) is 5.75 Å². The summed E-state index contributed by atoms with van der Waals surface area (Å²) in [4.78, 5) is 165. The van der Waals surface area contributed by atoms with Gasteiger partial charge >= 0.3 is 11.9 Å². The van der Waals surface area contributed by atoms with Crippen LogP contribution in [0.2, 0.25) is 0 Å². The van der Waals surface area contributed by atoms with E-state index >= 15 is 0 Å². The highest BCUT2D eigenvalue weighted by Gasteiger charge is 2.46. The smallest absolute Gasteiger partial charge is 0.329 e. The van der Waals surface area contributed by atoms with Gasteiger partial charge in [-0.3, -0.25) is 47.9 Å². The minimum atomic E-state index is -1.69. The molecule has 2 unspecified atom stereocenters. The van der Waals surface area contributed by atoms with E-state index in [0.29, 0.717) is 37.0 Å². The van der Waals surface area contributed by atoms with Gasteiger partial charge in [-0.15, -0.1) is 0 Å². The highest BCUT2D eigenvalue weighted by molar-refractivity contribution is 5.99. The van der Waals surface area contributed by atoms with Gasteiger partial charge in [-0.1, -0.05) is 107 Å². The number of benzene rings is 1. The number of rotatable bonds is 14.